The third kappa shape index (κ3) is 2.28. The summed E-state index contributed by atoms with van der Waals surface area (Å²) in [7, 11) is 0. The summed E-state index contributed by atoms with van der Waals surface area (Å²) in [6.45, 7) is 8.75. The van der Waals surface area contributed by atoms with Gasteiger partial charge in [-0.15, -0.1) is 0 Å². The molecular formula is C14H21N3. The van der Waals surface area contributed by atoms with E-state index in [-0.39, 0.29) is 0 Å². The van der Waals surface area contributed by atoms with Crippen molar-refractivity contribution in [1.82, 2.24) is 9.55 Å². The van der Waals surface area contributed by atoms with Gasteiger partial charge in [0.1, 0.15) is 0 Å². The number of nitrogens with zero attached hydrogens (tertiary/aromatic N) is 2. The molecule has 1 unspecified atom stereocenters. The Hall–Kier alpha value is -1.51. The number of imidazole rings is 1. The van der Waals surface area contributed by atoms with E-state index >= 15 is 0 Å². The highest BCUT2D eigenvalue weighted by Gasteiger charge is 2.14. The smallest absolute Gasteiger partial charge is 0.201 e. The lowest BCUT2D eigenvalue weighted by Gasteiger charge is -2.18. The molecule has 2 N–H and O–H groups in total. The van der Waals surface area contributed by atoms with Crippen LogP contribution >= 0.6 is 0 Å². The van der Waals surface area contributed by atoms with Gasteiger partial charge in [0.15, 0.2) is 0 Å². The third-order valence-corrected chi connectivity index (χ3v) is 3.13. The van der Waals surface area contributed by atoms with Crippen LogP contribution in [0.15, 0.2) is 18.2 Å². The Kier molecular flexibility index (Phi) is 3.09. The zero-order valence-corrected chi connectivity index (χ0v) is 11.1. The molecule has 0 amide bonds. The van der Waals surface area contributed by atoms with Crippen LogP contribution in [0.2, 0.25) is 0 Å². The van der Waals surface area contributed by atoms with Gasteiger partial charge in [-0.1, -0.05) is 19.9 Å². The van der Waals surface area contributed by atoms with Gasteiger partial charge in [-0.2, -0.15) is 0 Å². The van der Waals surface area contributed by atoms with E-state index in [2.05, 4.69) is 55.4 Å². The summed E-state index contributed by atoms with van der Waals surface area (Å²) >= 11 is 0. The molecule has 0 aliphatic carbocycles. The fraction of sp³-hybridized carbons (Fsp3) is 0.500. The van der Waals surface area contributed by atoms with E-state index in [0.29, 0.717) is 17.9 Å². The molecule has 1 heterocycles. The number of nitrogen functional groups attached to an aromatic ring is 1. The van der Waals surface area contributed by atoms with Gasteiger partial charge in [0.05, 0.1) is 11.0 Å². The summed E-state index contributed by atoms with van der Waals surface area (Å²) in [4.78, 5) is 4.44. The van der Waals surface area contributed by atoms with Gasteiger partial charge in [-0.25, -0.2) is 4.98 Å². The van der Waals surface area contributed by atoms with Crippen molar-refractivity contribution in [2.45, 2.75) is 40.2 Å². The first-order valence-electron chi connectivity index (χ1n) is 6.23. The average molecular weight is 231 g/mol. The van der Waals surface area contributed by atoms with Crippen LogP contribution in [0.25, 0.3) is 11.0 Å². The predicted molar refractivity (Wildman–Crippen MR) is 73.0 cm³/mol. The molecule has 0 aliphatic rings. The largest absolute Gasteiger partial charge is 0.369 e. The van der Waals surface area contributed by atoms with Crippen molar-refractivity contribution < 1.29 is 0 Å². The van der Waals surface area contributed by atoms with Crippen LogP contribution in [0.3, 0.4) is 0 Å². The Balaban J connectivity index is 2.49. The number of fused-ring (bicyclic) bond motifs is 1. The van der Waals surface area contributed by atoms with Gasteiger partial charge >= 0.3 is 0 Å². The Morgan fingerprint density at radius 3 is 2.65 bits per heavy atom. The predicted octanol–water partition coefficient (Wildman–Crippen LogP) is 3.53. The molecule has 0 aliphatic heterocycles. The molecule has 1 aromatic carbocycles. The Labute approximate surface area is 103 Å². The lowest BCUT2D eigenvalue weighted by Crippen LogP contribution is -2.11. The van der Waals surface area contributed by atoms with Crippen molar-refractivity contribution in [3.63, 3.8) is 0 Å². The molecule has 3 nitrogen and oxygen atoms in total. The molecule has 0 saturated carbocycles. The number of aryl methyl sites for hydroxylation is 1. The van der Waals surface area contributed by atoms with Gasteiger partial charge in [0.2, 0.25) is 5.95 Å². The van der Waals surface area contributed by atoms with Gasteiger partial charge in [0.25, 0.3) is 0 Å². The van der Waals surface area contributed by atoms with Crippen molar-refractivity contribution in [3.05, 3.63) is 23.8 Å². The zero-order valence-electron chi connectivity index (χ0n) is 11.1. The minimum Gasteiger partial charge on any atom is -0.369 e. The standard InChI is InChI=1S/C14H21N3/c1-9(2)7-11(4)17-13-6-5-10(3)8-12(13)16-14(17)15/h5-6,8-9,11H,7H2,1-4H3,(H2,15,16). The van der Waals surface area contributed by atoms with E-state index in [9.17, 15) is 0 Å². The summed E-state index contributed by atoms with van der Waals surface area (Å²) in [6, 6.07) is 6.71. The number of benzene rings is 1. The van der Waals surface area contributed by atoms with Gasteiger partial charge < -0.3 is 10.3 Å². The monoisotopic (exact) mass is 231 g/mol. The molecule has 92 valence electrons. The molecule has 1 aromatic heterocycles. The van der Waals surface area contributed by atoms with Crippen LogP contribution in [0.5, 0.6) is 0 Å². The molecule has 0 bridgehead atoms. The molecule has 0 spiro atoms. The highest BCUT2D eigenvalue weighted by molar-refractivity contribution is 5.79. The number of hydrogen-bond donors (Lipinski definition) is 1. The van der Waals surface area contributed by atoms with E-state index in [1.165, 1.54) is 5.56 Å². The van der Waals surface area contributed by atoms with Crippen LogP contribution < -0.4 is 5.73 Å². The summed E-state index contributed by atoms with van der Waals surface area (Å²) in [5.74, 6) is 1.28. The van der Waals surface area contributed by atoms with Gasteiger partial charge in [-0.05, 0) is 43.9 Å². The molecule has 17 heavy (non-hydrogen) atoms. The minimum absolute atomic E-state index is 0.391. The number of nitrogens with two attached hydrogens (primary N) is 1. The maximum Gasteiger partial charge on any atom is 0.201 e. The normalized spacial score (nSPS) is 13.5. The van der Waals surface area contributed by atoms with E-state index in [4.69, 9.17) is 5.73 Å². The number of anilines is 1. The van der Waals surface area contributed by atoms with E-state index in [1.54, 1.807) is 0 Å². The molecule has 3 heteroatoms. The van der Waals surface area contributed by atoms with Crippen molar-refractivity contribution in [2.75, 3.05) is 5.73 Å². The molecular weight excluding hydrogens is 210 g/mol. The fourth-order valence-corrected chi connectivity index (χ4v) is 2.48. The van der Waals surface area contributed by atoms with Crippen LogP contribution in [-0.2, 0) is 0 Å². The topological polar surface area (TPSA) is 43.8 Å². The van der Waals surface area contributed by atoms with Crippen molar-refractivity contribution in [2.24, 2.45) is 5.92 Å². The van der Waals surface area contributed by atoms with Crippen LogP contribution in [0.4, 0.5) is 5.95 Å². The zero-order chi connectivity index (χ0) is 12.6. The minimum atomic E-state index is 0.391. The second-order valence-corrected chi connectivity index (χ2v) is 5.31. The van der Waals surface area contributed by atoms with Gasteiger partial charge in [-0.3, -0.25) is 0 Å². The second kappa shape index (κ2) is 4.40. The van der Waals surface area contributed by atoms with Crippen molar-refractivity contribution >= 4 is 17.0 Å². The van der Waals surface area contributed by atoms with Crippen LogP contribution in [0, 0.1) is 12.8 Å². The Morgan fingerprint density at radius 2 is 2.00 bits per heavy atom. The molecule has 0 fully saturated rings. The summed E-state index contributed by atoms with van der Waals surface area (Å²) in [6.07, 6.45) is 1.11. The van der Waals surface area contributed by atoms with E-state index in [1.807, 2.05) is 0 Å². The third-order valence-electron chi connectivity index (χ3n) is 3.13. The van der Waals surface area contributed by atoms with Crippen LogP contribution in [-0.4, -0.2) is 9.55 Å². The first-order chi connectivity index (χ1) is 7.99. The maximum atomic E-state index is 6.03. The van der Waals surface area contributed by atoms with E-state index in [0.717, 1.165) is 17.5 Å². The summed E-state index contributed by atoms with van der Waals surface area (Å²) in [5.41, 5.74) is 9.39. The number of aromatic nitrogens is 2. The molecule has 1 atom stereocenters. The van der Waals surface area contributed by atoms with Crippen molar-refractivity contribution in [3.8, 4) is 0 Å². The first-order valence-corrected chi connectivity index (χ1v) is 6.23. The molecule has 2 rings (SSSR count). The first kappa shape index (κ1) is 12.0. The summed E-state index contributed by atoms with van der Waals surface area (Å²) < 4.78 is 2.15. The molecule has 0 radical (unpaired) electrons. The lowest BCUT2D eigenvalue weighted by molar-refractivity contribution is 0.439. The van der Waals surface area contributed by atoms with Gasteiger partial charge in [0, 0.05) is 6.04 Å². The number of hydrogen-bond acceptors (Lipinski definition) is 2. The highest BCUT2D eigenvalue weighted by atomic mass is 15.2. The lowest BCUT2D eigenvalue weighted by atomic mass is 10.0. The Bertz CT molecular complexity index is 525. The van der Waals surface area contributed by atoms with E-state index < -0.39 is 0 Å². The molecule has 0 saturated heterocycles. The highest BCUT2D eigenvalue weighted by Crippen LogP contribution is 2.27. The second-order valence-electron chi connectivity index (χ2n) is 5.31. The van der Waals surface area contributed by atoms with Crippen molar-refractivity contribution in [1.29, 1.82) is 0 Å². The SMILES string of the molecule is Cc1ccc2c(c1)nc(N)n2C(C)CC(C)C. The quantitative estimate of drug-likeness (QED) is 0.878. The fourth-order valence-electron chi connectivity index (χ4n) is 2.48. The summed E-state index contributed by atoms with van der Waals surface area (Å²) in [5, 5.41) is 0. The average Bonchev–Trinajstić information content (AvgIpc) is 2.51. The maximum absolute atomic E-state index is 6.03. The number of rotatable bonds is 3. The molecule has 2 aromatic rings. The Morgan fingerprint density at radius 1 is 1.29 bits per heavy atom. The van der Waals surface area contributed by atoms with Crippen LogP contribution in [0.1, 0.15) is 38.8 Å².